The van der Waals surface area contributed by atoms with Crippen LogP contribution in [0.1, 0.15) is 20.8 Å². The molecule has 0 atom stereocenters. The molecule has 0 aromatic carbocycles. The molecule has 84 valence electrons. The molecule has 0 saturated heterocycles. The minimum atomic E-state index is 0. The van der Waals surface area contributed by atoms with Gasteiger partial charge in [0.15, 0.2) is 5.76 Å². The van der Waals surface area contributed by atoms with E-state index in [1.807, 2.05) is 20.8 Å². The SMILES string of the molecule is C=CC(OCC)=C(OCC)OCC.[SiH4]. The predicted octanol–water partition coefficient (Wildman–Crippen LogP) is 0.999. The van der Waals surface area contributed by atoms with Crippen molar-refractivity contribution in [1.29, 1.82) is 0 Å². The fourth-order valence-corrected chi connectivity index (χ4v) is 0.803. The van der Waals surface area contributed by atoms with Gasteiger partial charge >= 0.3 is 5.95 Å². The van der Waals surface area contributed by atoms with Gasteiger partial charge in [-0.15, -0.1) is 0 Å². The van der Waals surface area contributed by atoms with E-state index < -0.39 is 0 Å². The normalized spacial score (nSPS) is 8.21. The molecular formula is C10H22O3Si. The van der Waals surface area contributed by atoms with Crippen LogP contribution >= 0.6 is 0 Å². The molecule has 0 heterocycles. The maximum Gasteiger partial charge on any atom is 0.323 e. The van der Waals surface area contributed by atoms with Crippen molar-refractivity contribution in [3.8, 4) is 0 Å². The lowest BCUT2D eigenvalue weighted by atomic mass is 10.5. The number of hydrogen-bond donors (Lipinski definition) is 0. The molecule has 3 nitrogen and oxygen atoms in total. The lowest BCUT2D eigenvalue weighted by molar-refractivity contribution is 0.0259. The summed E-state index contributed by atoms with van der Waals surface area (Å²) in [5.41, 5.74) is 0. The van der Waals surface area contributed by atoms with E-state index in [0.717, 1.165) is 0 Å². The van der Waals surface area contributed by atoms with Crippen LogP contribution in [0.2, 0.25) is 0 Å². The highest BCUT2D eigenvalue weighted by atomic mass is 28.1. The Labute approximate surface area is 90.8 Å². The molecule has 0 N–H and O–H groups in total. The second-order valence-corrected chi connectivity index (χ2v) is 2.15. The summed E-state index contributed by atoms with van der Waals surface area (Å²) in [5, 5.41) is 0. The first-order valence-electron chi connectivity index (χ1n) is 4.55. The standard InChI is InChI=1S/C10H18O3.H4Si/c1-5-9(11-6-2)10(12-7-3)13-8-4;/h5H,1,6-8H2,2-4H3;1H4. The van der Waals surface area contributed by atoms with E-state index in [2.05, 4.69) is 6.58 Å². The molecule has 0 spiro atoms. The predicted molar refractivity (Wildman–Crippen MR) is 63.4 cm³/mol. The first-order valence-corrected chi connectivity index (χ1v) is 4.55. The average molecular weight is 218 g/mol. The topological polar surface area (TPSA) is 27.7 Å². The van der Waals surface area contributed by atoms with Crippen LogP contribution in [-0.2, 0) is 14.2 Å². The van der Waals surface area contributed by atoms with Crippen LogP contribution in [0.25, 0.3) is 0 Å². The van der Waals surface area contributed by atoms with Gasteiger partial charge in [-0.1, -0.05) is 6.58 Å². The van der Waals surface area contributed by atoms with Crippen molar-refractivity contribution >= 4 is 11.0 Å². The van der Waals surface area contributed by atoms with Gasteiger partial charge in [-0.2, -0.15) is 0 Å². The maximum atomic E-state index is 5.27. The van der Waals surface area contributed by atoms with E-state index in [9.17, 15) is 0 Å². The summed E-state index contributed by atoms with van der Waals surface area (Å²) in [5.74, 6) is 0.980. The van der Waals surface area contributed by atoms with Crippen molar-refractivity contribution in [2.24, 2.45) is 0 Å². The summed E-state index contributed by atoms with van der Waals surface area (Å²) in [7, 11) is 0. The minimum absolute atomic E-state index is 0. The van der Waals surface area contributed by atoms with Crippen LogP contribution in [0.5, 0.6) is 0 Å². The van der Waals surface area contributed by atoms with Crippen molar-refractivity contribution in [1.82, 2.24) is 0 Å². The summed E-state index contributed by atoms with van der Waals surface area (Å²) < 4.78 is 15.8. The first-order chi connectivity index (χ1) is 6.29. The molecule has 0 aliphatic heterocycles. The Morgan fingerprint density at radius 1 is 1.00 bits per heavy atom. The van der Waals surface area contributed by atoms with E-state index in [-0.39, 0.29) is 11.0 Å². The molecular weight excluding hydrogens is 196 g/mol. The molecule has 0 aromatic rings. The van der Waals surface area contributed by atoms with Gasteiger partial charge in [-0.3, -0.25) is 0 Å². The first kappa shape index (κ1) is 15.6. The Bertz CT molecular complexity index is 170. The van der Waals surface area contributed by atoms with Gasteiger partial charge in [0.05, 0.1) is 19.8 Å². The fraction of sp³-hybridized carbons (Fsp3) is 0.600. The molecule has 4 heteroatoms. The smallest absolute Gasteiger partial charge is 0.323 e. The Balaban J connectivity index is 0. The van der Waals surface area contributed by atoms with E-state index in [1.54, 1.807) is 6.08 Å². The molecule has 0 saturated carbocycles. The number of allylic oxidation sites excluding steroid dienone is 1. The van der Waals surface area contributed by atoms with Gasteiger partial charge < -0.3 is 14.2 Å². The van der Waals surface area contributed by atoms with Crippen molar-refractivity contribution < 1.29 is 14.2 Å². The van der Waals surface area contributed by atoms with Gasteiger partial charge in [0, 0.05) is 0 Å². The zero-order valence-electron chi connectivity index (χ0n) is 8.63. The molecule has 14 heavy (non-hydrogen) atoms. The van der Waals surface area contributed by atoms with Crippen LogP contribution in [0, 0.1) is 0 Å². The van der Waals surface area contributed by atoms with E-state index in [1.165, 1.54) is 0 Å². The largest absolute Gasteiger partial charge is 0.487 e. The van der Waals surface area contributed by atoms with Crippen molar-refractivity contribution in [3.05, 3.63) is 24.4 Å². The van der Waals surface area contributed by atoms with Crippen molar-refractivity contribution in [2.75, 3.05) is 19.8 Å². The third-order valence-corrected chi connectivity index (χ3v) is 1.24. The highest BCUT2D eigenvalue weighted by molar-refractivity contribution is 5.75. The van der Waals surface area contributed by atoms with Gasteiger partial charge in [-0.25, -0.2) is 0 Å². The van der Waals surface area contributed by atoms with Gasteiger partial charge in [0.1, 0.15) is 0 Å². The number of ether oxygens (including phenoxy) is 3. The summed E-state index contributed by atoms with van der Waals surface area (Å²) in [6.45, 7) is 11.0. The van der Waals surface area contributed by atoms with Crippen LogP contribution in [-0.4, -0.2) is 30.8 Å². The second kappa shape index (κ2) is 10.2. The third kappa shape index (κ3) is 5.69. The fourth-order valence-electron chi connectivity index (χ4n) is 0.803. The number of rotatable bonds is 7. The molecule has 0 bridgehead atoms. The summed E-state index contributed by atoms with van der Waals surface area (Å²) in [4.78, 5) is 0. The molecule has 0 aliphatic rings. The molecule has 0 fully saturated rings. The molecule has 0 amide bonds. The zero-order valence-corrected chi connectivity index (χ0v) is 8.63. The van der Waals surface area contributed by atoms with Crippen LogP contribution in [0.15, 0.2) is 24.4 Å². The van der Waals surface area contributed by atoms with E-state index >= 15 is 0 Å². The van der Waals surface area contributed by atoms with Crippen LogP contribution < -0.4 is 0 Å². The van der Waals surface area contributed by atoms with Crippen LogP contribution in [0.3, 0.4) is 0 Å². The Kier molecular flexibility index (Phi) is 11.3. The Morgan fingerprint density at radius 2 is 1.43 bits per heavy atom. The third-order valence-electron chi connectivity index (χ3n) is 1.24. The molecule has 0 radical (unpaired) electrons. The summed E-state index contributed by atoms with van der Waals surface area (Å²) in [6, 6.07) is 0. The molecule has 0 aliphatic carbocycles. The van der Waals surface area contributed by atoms with Gasteiger partial charge in [0.2, 0.25) is 0 Å². The lowest BCUT2D eigenvalue weighted by Crippen LogP contribution is -2.03. The zero-order chi connectivity index (χ0) is 10.1. The van der Waals surface area contributed by atoms with Crippen molar-refractivity contribution in [2.45, 2.75) is 20.8 Å². The number of hydrogen-bond acceptors (Lipinski definition) is 3. The molecule has 0 unspecified atom stereocenters. The monoisotopic (exact) mass is 218 g/mol. The summed E-state index contributed by atoms with van der Waals surface area (Å²) in [6.07, 6.45) is 1.59. The van der Waals surface area contributed by atoms with E-state index in [4.69, 9.17) is 14.2 Å². The van der Waals surface area contributed by atoms with Crippen LogP contribution in [0.4, 0.5) is 0 Å². The quantitative estimate of drug-likeness (QED) is 0.362. The highest BCUT2D eigenvalue weighted by Gasteiger charge is 2.06. The highest BCUT2D eigenvalue weighted by Crippen LogP contribution is 2.10. The lowest BCUT2D eigenvalue weighted by Gasteiger charge is -2.12. The Hall–Kier alpha value is -0.903. The maximum absolute atomic E-state index is 5.27. The Morgan fingerprint density at radius 3 is 1.71 bits per heavy atom. The van der Waals surface area contributed by atoms with Crippen molar-refractivity contribution in [3.63, 3.8) is 0 Å². The second-order valence-electron chi connectivity index (χ2n) is 2.15. The summed E-state index contributed by atoms with van der Waals surface area (Å²) >= 11 is 0. The van der Waals surface area contributed by atoms with Gasteiger partial charge in [0.25, 0.3) is 0 Å². The van der Waals surface area contributed by atoms with Gasteiger partial charge in [-0.05, 0) is 37.8 Å². The minimum Gasteiger partial charge on any atom is -0.487 e. The average Bonchev–Trinajstić information content (AvgIpc) is 2.14. The molecule has 0 rings (SSSR count). The molecule has 0 aromatic heterocycles. The van der Waals surface area contributed by atoms with E-state index in [0.29, 0.717) is 31.5 Å².